The van der Waals surface area contributed by atoms with E-state index in [0.29, 0.717) is 37.4 Å². The number of para-hydroxylation sites is 1. The van der Waals surface area contributed by atoms with Gasteiger partial charge in [0, 0.05) is 24.7 Å². The van der Waals surface area contributed by atoms with E-state index in [1.54, 1.807) is 11.8 Å². The molecule has 1 fully saturated rings. The van der Waals surface area contributed by atoms with Crippen molar-refractivity contribution < 1.29 is 18.7 Å². The Bertz CT molecular complexity index is 874. The third-order valence-corrected chi connectivity index (χ3v) is 5.43. The van der Waals surface area contributed by atoms with Gasteiger partial charge in [-0.3, -0.25) is 9.59 Å². The molecule has 2 aromatic carbocycles. The van der Waals surface area contributed by atoms with Gasteiger partial charge in [0.1, 0.15) is 11.6 Å². The molecule has 0 spiro atoms. The molecular formula is C24H29FN2O3. The molecule has 2 amide bonds. The number of piperidine rings is 1. The minimum absolute atomic E-state index is 0.00107. The Labute approximate surface area is 177 Å². The molecule has 1 saturated heterocycles. The molecule has 30 heavy (non-hydrogen) atoms. The van der Waals surface area contributed by atoms with Crippen molar-refractivity contribution in [2.24, 2.45) is 0 Å². The average Bonchev–Trinajstić information content (AvgIpc) is 2.74. The van der Waals surface area contributed by atoms with Crippen molar-refractivity contribution in [2.45, 2.75) is 51.7 Å². The SMILES string of the molecule is CC(Oc1ccccc1C(C)C)C(=O)NC1CCN(C(=O)c2ccc(F)cc2)CC1. The first-order valence-corrected chi connectivity index (χ1v) is 10.5. The number of ether oxygens (including phenoxy) is 1. The Morgan fingerprint density at radius 1 is 1.03 bits per heavy atom. The van der Waals surface area contributed by atoms with Crippen LogP contribution < -0.4 is 10.1 Å². The van der Waals surface area contributed by atoms with Gasteiger partial charge in [-0.2, -0.15) is 0 Å². The molecule has 1 heterocycles. The standard InChI is InChI=1S/C24H29FN2O3/c1-16(2)21-6-4-5-7-22(21)30-17(3)23(28)26-20-12-14-27(15-13-20)24(29)18-8-10-19(25)11-9-18/h4-11,16-17,20H,12-15H2,1-3H3,(H,26,28). The largest absolute Gasteiger partial charge is 0.481 e. The molecule has 1 N–H and O–H groups in total. The Morgan fingerprint density at radius 3 is 2.30 bits per heavy atom. The fraction of sp³-hybridized carbons (Fsp3) is 0.417. The molecule has 3 rings (SSSR count). The summed E-state index contributed by atoms with van der Waals surface area (Å²) in [6, 6.07) is 13.4. The van der Waals surface area contributed by atoms with Crippen LogP contribution in [0.5, 0.6) is 5.75 Å². The van der Waals surface area contributed by atoms with Crippen LogP contribution in [-0.4, -0.2) is 41.9 Å². The van der Waals surface area contributed by atoms with Crippen LogP contribution in [0.3, 0.4) is 0 Å². The first-order valence-electron chi connectivity index (χ1n) is 10.5. The summed E-state index contributed by atoms with van der Waals surface area (Å²) in [5.74, 6) is 0.410. The fourth-order valence-corrected chi connectivity index (χ4v) is 3.63. The summed E-state index contributed by atoms with van der Waals surface area (Å²) in [5, 5.41) is 3.04. The first kappa shape index (κ1) is 21.8. The van der Waals surface area contributed by atoms with Crippen molar-refractivity contribution in [1.82, 2.24) is 10.2 Å². The number of rotatable bonds is 6. The normalized spacial score (nSPS) is 15.7. The molecular weight excluding hydrogens is 383 g/mol. The third kappa shape index (κ3) is 5.38. The van der Waals surface area contributed by atoms with Gasteiger partial charge in [0.05, 0.1) is 0 Å². The highest BCUT2D eigenvalue weighted by molar-refractivity contribution is 5.94. The fourth-order valence-electron chi connectivity index (χ4n) is 3.63. The van der Waals surface area contributed by atoms with E-state index in [1.807, 2.05) is 24.3 Å². The van der Waals surface area contributed by atoms with Gasteiger partial charge in [-0.05, 0) is 61.6 Å². The van der Waals surface area contributed by atoms with Gasteiger partial charge in [0.2, 0.25) is 0 Å². The summed E-state index contributed by atoms with van der Waals surface area (Å²) in [5.41, 5.74) is 1.55. The lowest BCUT2D eigenvalue weighted by Crippen LogP contribution is -2.49. The van der Waals surface area contributed by atoms with Crippen LogP contribution in [0.4, 0.5) is 4.39 Å². The van der Waals surface area contributed by atoms with Crippen molar-refractivity contribution in [3.63, 3.8) is 0 Å². The zero-order chi connectivity index (χ0) is 21.7. The predicted molar refractivity (Wildman–Crippen MR) is 114 cm³/mol. The molecule has 5 nitrogen and oxygen atoms in total. The number of hydrogen-bond acceptors (Lipinski definition) is 3. The predicted octanol–water partition coefficient (Wildman–Crippen LogP) is 4.14. The highest BCUT2D eigenvalue weighted by atomic mass is 19.1. The minimum atomic E-state index is -0.608. The lowest BCUT2D eigenvalue weighted by molar-refractivity contribution is -0.128. The molecule has 0 aliphatic carbocycles. The van der Waals surface area contributed by atoms with Crippen LogP contribution in [0.1, 0.15) is 55.5 Å². The Hall–Kier alpha value is -2.89. The number of halogens is 1. The third-order valence-electron chi connectivity index (χ3n) is 5.43. The summed E-state index contributed by atoms with van der Waals surface area (Å²) in [6.07, 6.45) is 0.742. The lowest BCUT2D eigenvalue weighted by Gasteiger charge is -2.33. The van der Waals surface area contributed by atoms with Gasteiger partial charge in [-0.1, -0.05) is 32.0 Å². The van der Waals surface area contributed by atoms with Crippen LogP contribution in [-0.2, 0) is 4.79 Å². The number of carbonyl (C=O) groups excluding carboxylic acids is 2. The molecule has 2 aromatic rings. The second kappa shape index (κ2) is 9.74. The van der Waals surface area contributed by atoms with Gasteiger partial charge < -0.3 is 15.0 Å². The number of benzene rings is 2. The average molecular weight is 413 g/mol. The smallest absolute Gasteiger partial charge is 0.260 e. The molecule has 1 unspecified atom stereocenters. The summed E-state index contributed by atoms with van der Waals surface area (Å²) >= 11 is 0. The molecule has 1 aliphatic heterocycles. The Kier molecular flexibility index (Phi) is 7.08. The van der Waals surface area contributed by atoms with E-state index in [-0.39, 0.29) is 23.7 Å². The number of nitrogens with one attached hydrogen (secondary N) is 1. The van der Waals surface area contributed by atoms with Crippen molar-refractivity contribution in [3.05, 3.63) is 65.5 Å². The van der Waals surface area contributed by atoms with Crippen molar-refractivity contribution in [1.29, 1.82) is 0 Å². The van der Waals surface area contributed by atoms with E-state index in [2.05, 4.69) is 19.2 Å². The molecule has 0 saturated carbocycles. The van der Waals surface area contributed by atoms with Gasteiger partial charge in [0.25, 0.3) is 11.8 Å². The van der Waals surface area contributed by atoms with E-state index in [1.165, 1.54) is 24.3 Å². The zero-order valence-corrected chi connectivity index (χ0v) is 17.7. The molecule has 160 valence electrons. The lowest BCUT2D eigenvalue weighted by atomic mass is 10.0. The second-order valence-corrected chi connectivity index (χ2v) is 8.03. The van der Waals surface area contributed by atoms with Crippen molar-refractivity contribution in [2.75, 3.05) is 13.1 Å². The zero-order valence-electron chi connectivity index (χ0n) is 17.7. The highest BCUT2D eigenvalue weighted by Crippen LogP contribution is 2.26. The van der Waals surface area contributed by atoms with Crippen LogP contribution in [0.2, 0.25) is 0 Å². The van der Waals surface area contributed by atoms with Crippen LogP contribution in [0, 0.1) is 5.82 Å². The van der Waals surface area contributed by atoms with E-state index >= 15 is 0 Å². The molecule has 1 aliphatic rings. The van der Waals surface area contributed by atoms with Crippen LogP contribution >= 0.6 is 0 Å². The monoisotopic (exact) mass is 412 g/mol. The van der Waals surface area contributed by atoms with Crippen molar-refractivity contribution in [3.8, 4) is 5.75 Å². The van der Waals surface area contributed by atoms with E-state index < -0.39 is 6.10 Å². The highest BCUT2D eigenvalue weighted by Gasteiger charge is 2.26. The van der Waals surface area contributed by atoms with E-state index in [0.717, 1.165) is 11.3 Å². The summed E-state index contributed by atoms with van der Waals surface area (Å²) in [7, 11) is 0. The number of hydrogen-bond donors (Lipinski definition) is 1. The topological polar surface area (TPSA) is 58.6 Å². The van der Waals surface area contributed by atoms with E-state index in [9.17, 15) is 14.0 Å². The van der Waals surface area contributed by atoms with Gasteiger partial charge in [0.15, 0.2) is 6.10 Å². The molecule has 6 heteroatoms. The molecule has 0 bridgehead atoms. The maximum Gasteiger partial charge on any atom is 0.260 e. The quantitative estimate of drug-likeness (QED) is 0.776. The number of amides is 2. The molecule has 0 radical (unpaired) electrons. The number of likely N-dealkylation sites (tertiary alicyclic amines) is 1. The number of nitrogens with zero attached hydrogens (tertiary/aromatic N) is 1. The van der Waals surface area contributed by atoms with Crippen LogP contribution in [0.25, 0.3) is 0 Å². The maximum atomic E-state index is 13.1. The second-order valence-electron chi connectivity index (χ2n) is 8.03. The van der Waals surface area contributed by atoms with Crippen molar-refractivity contribution >= 4 is 11.8 Å². The summed E-state index contributed by atoms with van der Waals surface area (Å²) < 4.78 is 19.0. The minimum Gasteiger partial charge on any atom is -0.481 e. The molecule has 0 aromatic heterocycles. The Morgan fingerprint density at radius 2 is 1.67 bits per heavy atom. The summed E-state index contributed by atoms with van der Waals surface area (Å²) in [6.45, 7) is 7.03. The summed E-state index contributed by atoms with van der Waals surface area (Å²) in [4.78, 5) is 26.9. The first-order chi connectivity index (χ1) is 14.3. The van der Waals surface area contributed by atoms with Crippen LogP contribution in [0.15, 0.2) is 48.5 Å². The van der Waals surface area contributed by atoms with Gasteiger partial charge in [-0.25, -0.2) is 4.39 Å². The molecule has 1 atom stereocenters. The van der Waals surface area contributed by atoms with Gasteiger partial charge in [-0.15, -0.1) is 0 Å². The maximum absolute atomic E-state index is 13.1. The van der Waals surface area contributed by atoms with Gasteiger partial charge >= 0.3 is 0 Å². The Balaban J connectivity index is 1.50. The number of carbonyl (C=O) groups is 2. The van der Waals surface area contributed by atoms with E-state index in [4.69, 9.17) is 4.74 Å².